The van der Waals surface area contributed by atoms with Gasteiger partial charge in [-0.1, -0.05) is 95.2 Å². The summed E-state index contributed by atoms with van der Waals surface area (Å²) in [6.07, 6.45) is 1.32. The second-order valence-corrected chi connectivity index (χ2v) is 43.1. The molecule has 0 aliphatic heterocycles. The number of aromatic nitrogens is 4. The molecule has 4 heterocycles. The number of carboxylic acids is 4. The van der Waals surface area contributed by atoms with Crippen molar-refractivity contribution in [3.05, 3.63) is 197 Å². The zero-order chi connectivity index (χ0) is 107. The van der Waals surface area contributed by atoms with Gasteiger partial charge in [0.1, 0.15) is 93.9 Å². The van der Waals surface area contributed by atoms with E-state index in [0.29, 0.717) is 95.9 Å². The molecule has 0 saturated heterocycles. The molecule has 0 atom stereocenters. The smallest absolute Gasteiger partial charge is 0.346 e. The predicted octanol–water partition coefficient (Wildman–Crippen LogP) is 18.4. The van der Waals surface area contributed by atoms with Crippen molar-refractivity contribution in [2.45, 2.75) is 239 Å². The summed E-state index contributed by atoms with van der Waals surface area (Å²) in [5.74, 6) is -5.65. The first-order valence-electron chi connectivity index (χ1n) is 47.1. The maximum atomic E-state index is 15.1. The van der Waals surface area contributed by atoms with Gasteiger partial charge in [0.2, 0.25) is 0 Å². The molecule has 4 aromatic heterocycles. The van der Waals surface area contributed by atoms with Crippen molar-refractivity contribution in [1.29, 1.82) is 0 Å². The molecule has 0 saturated carbocycles. The van der Waals surface area contributed by atoms with Gasteiger partial charge in [0.25, 0.3) is 0 Å². The van der Waals surface area contributed by atoms with E-state index in [2.05, 4.69) is 93.1 Å². The lowest BCUT2D eigenvalue weighted by molar-refractivity contribution is -0.349. The molecule has 9 rings (SSSR count). The summed E-state index contributed by atoms with van der Waals surface area (Å²) in [5, 5.41) is 49.5. The summed E-state index contributed by atoms with van der Waals surface area (Å²) in [6, 6.07) is 41.8. The van der Waals surface area contributed by atoms with E-state index >= 15 is 9.59 Å². The number of pyridine rings is 4. The minimum Gasteiger partial charge on any atom is -0.496 e. The maximum Gasteiger partial charge on any atom is 0.346 e. The van der Waals surface area contributed by atoms with Crippen LogP contribution in [0.3, 0.4) is 0 Å². The van der Waals surface area contributed by atoms with Crippen LogP contribution < -0.4 is 43.6 Å². The van der Waals surface area contributed by atoms with Crippen molar-refractivity contribution in [2.75, 3.05) is 73.7 Å². The number of nitrogen functional groups attached to an aromatic ring is 1. The second kappa shape index (κ2) is 46.5. The standard InChI is InChI=1S/C110H140N10O24/c1-101(2,3)109(102(4,5)6,71-29-31-72(111)32-30-71)110(103(7,8)9,104(10,11)12)120(118(61-95(125)126)59-79-47-69(87-39-35-83(53-91(87)135-27)139-65-99(131)143-107(19,20)21)43-75(116-79)49-73-41-67(45-77(114-73)55-112-57-93(121)122)85-37-33-81(51-89(85)133-25)137-63-97(129)141-105(13,14)15)119(62-96(127)128)60-80-48-70(88-40-36-84(54-92(88)136-28)140-66-100(132)144-108(22,23)24)44-76(117-80)50-74-42-68(46-78(115-74)56-113-58-94(123)124)86-38-34-82(52-90(86)134-26)138-64-98(130)142-106(16,17)18/h29-48,51-54,57-58H,49-50,55-56,59-66,111H2,1-28H3,(H,121,122)(H,123,124)(H,125,126)(H,127,128). The predicted molar refractivity (Wildman–Crippen MR) is 547 cm³/mol. The topological polar surface area (TPSA) is 440 Å². The molecule has 0 amide bonds. The van der Waals surface area contributed by atoms with Crippen LogP contribution in [0.15, 0.2) is 156 Å². The third kappa shape index (κ3) is 30.2. The number of hydrogen-bond donors (Lipinski definition) is 5. The molecule has 5 aromatic carbocycles. The summed E-state index contributed by atoms with van der Waals surface area (Å²) in [7, 11) is 5.86. The van der Waals surface area contributed by atoms with Gasteiger partial charge in [0, 0.05) is 93.2 Å². The van der Waals surface area contributed by atoms with Crippen LogP contribution in [0.4, 0.5) is 5.69 Å². The SMILES string of the molecule is COc1cc(OCC(=O)OC(C)(C)C)ccc1-c1cc(CN=CC(=O)O)nc(Cc2cc(-c3ccc(OCC(=O)OC(C)(C)C)cc3OC)cc(CN(CC(=O)O)N(N(CC(=O)O)Cc3cc(-c4ccc(OCC(=O)OC(C)(C)C)cc4OC)cc(Cc4cc(-c5ccc(OCC(=O)OC(C)(C)C)cc5OC)cc(CN=CC(=O)O)n4)n3)C(C(C)(C)C)(C(C)(C)C)C(c3ccc(N)cc3)(C(C)(C)C)C(C)(C)C)n2)c1. The molecule has 144 heavy (non-hydrogen) atoms. The molecule has 34 nitrogen and oxygen atoms in total. The Morgan fingerprint density at radius 3 is 0.812 bits per heavy atom. The lowest BCUT2D eigenvalue weighted by Crippen LogP contribution is -2.84. The molecule has 774 valence electrons. The number of benzene rings is 5. The number of aliphatic carboxylic acids is 4. The van der Waals surface area contributed by atoms with Crippen molar-refractivity contribution in [3.8, 4) is 90.5 Å². The molecular weight excluding hydrogens is 1850 g/mol. The minimum atomic E-state index is -1.68. The Hall–Kier alpha value is -14.1. The van der Waals surface area contributed by atoms with Crippen LogP contribution in [-0.2, 0) is 102 Å². The van der Waals surface area contributed by atoms with Gasteiger partial charge in [0.15, 0.2) is 26.4 Å². The van der Waals surface area contributed by atoms with Crippen LogP contribution in [0.1, 0.15) is 217 Å². The Kier molecular flexibility index (Phi) is 36.6. The fourth-order valence-electron chi connectivity index (χ4n) is 19.5. The van der Waals surface area contributed by atoms with E-state index in [1.54, 1.807) is 202 Å². The van der Waals surface area contributed by atoms with Crippen LogP contribution in [0.5, 0.6) is 46.0 Å². The molecular formula is C110H140N10O24. The van der Waals surface area contributed by atoms with E-state index < -0.39 is 155 Å². The van der Waals surface area contributed by atoms with Crippen LogP contribution in [-0.4, -0.2) is 212 Å². The van der Waals surface area contributed by atoms with E-state index in [0.717, 1.165) is 18.0 Å². The third-order valence-corrected chi connectivity index (χ3v) is 22.9. The number of carbonyl (C=O) groups excluding carboxylic acids is 4. The number of methoxy groups -OCH3 is 4. The Morgan fingerprint density at radius 1 is 0.333 bits per heavy atom. The summed E-state index contributed by atoms with van der Waals surface area (Å²) < 4.78 is 70.8. The van der Waals surface area contributed by atoms with E-state index in [1.165, 1.54) is 28.4 Å². The highest BCUT2D eigenvalue weighted by molar-refractivity contribution is 6.22. The first kappa shape index (κ1) is 113. The highest BCUT2D eigenvalue weighted by Gasteiger charge is 2.75. The Labute approximate surface area is 843 Å². The summed E-state index contributed by atoms with van der Waals surface area (Å²) >= 11 is 0. The number of carboxylic acid groups (broad SMARTS) is 4. The molecule has 34 heteroatoms. The van der Waals surface area contributed by atoms with E-state index in [-0.39, 0.29) is 71.8 Å². The molecule has 0 unspecified atom stereocenters. The summed E-state index contributed by atoms with van der Waals surface area (Å²) in [6.45, 7) is 41.2. The summed E-state index contributed by atoms with van der Waals surface area (Å²) in [4.78, 5) is 137. The molecule has 6 N–H and O–H groups in total. The van der Waals surface area contributed by atoms with Crippen LogP contribution in [0.2, 0.25) is 0 Å². The number of aliphatic imine (C=N–C) groups is 2. The molecule has 0 bridgehead atoms. The van der Waals surface area contributed by atoms with Crippen LogP contribution >= 0.6 is 0 Å². The van der Waals surface area contributed by atoms with Gasteiger partial charge in [-0.05, 0) is 242 Å². The number of esters is 4. The Morgan fingerprint density at radius 2 is 0.583 bits per heavy atom. The lowest BCUT2D eigenvalue weighted by Gasteiger charge is -2.76. The van der Waals surface area contributed by atoms with Gasteiger partial charge in [-0.15, -0.1) is 0 Å². The highest BCUT2D eigenvalue weighted by Crippen LogP contribution is 2.71. The number of carbonyl (C=O) groups is 8. The van der Waals surface area contributed by atoms with Gasteiger partial charge >= 0.3 is 47.8 Å². The first-order chi connectivity index (χ1) is 66.9. The molecule has 0 aliphatic carbocycles. The number of hydrazine groups is 2. The second-order valence-electron chi connectivity index (χ2n) is 43.1. The quantitative estimate of drug-likeness (QED) is 0.00779. The van der Waals surface area contributed by atoms with Crippen molar-refractivity contribution < 1.29 is 116 Å². The molecule has 0 aliphatic rings. The number of nitrogens with zero attached hydrogens (tertiary/aromatic N) is 9. The van der Waals surface area contributed by atoms with Crippen molar-refractivity contribution in [1.82, 2.24) is 35.1 Å². The molecule has 9 aromatic rings. The van der Waals surface area contributed by atoms with Gasteiger partial charge in [-0.3, -0.25) is 39.5 Å². The number of hydrogen-bond acceptors (Lipinski definition) is 30. The van der Waals surface area contributed by atoms with Crippen molar-refractivity contribution >= 4 is 65.9 Å². The van der Waals surface area contributed by atoms with E-state index in [1.807, 2.05) is 41.5 Å². The number of rotatable bonds is 43. The average Bonchev–Trinajstić information content (AvgIpc) is 0.654. The molecule has 0 radical (unpaired) electrons. The summed E-state index contributed by atoms with van der Waals surface area (Å²) in [5.41, 5.74) is 3.73. The zero-order valence-corrected chi connectivity index (χ0v) is 88.1. The molecule has 0 fully saturated rings. The van der Waals surface area contributed by atoms with Crippen molar-refractivity contribution in [3.63, 3.8) is 0 Å². The largest absolute Gasteiger partial charge is 0.496 e. The van der Waals surface area contributed by atoms with Gasteiger partial charge in [-0.25, -0.2) is 38.8 Å². The number of nitrogens with two attached hydrogens (primary N) is 1. The lowest BCUT2D eigenvalue weighted by atomic mass is 9.35. The average molecular weight is 1990 g/mol. The highest BCUT2D eigenvalue weighted by atomic mass is 16.6. The monoisotopic (exact) mass is 1990 g/mol. The fraction of sp³-hybridized carbons (Fsp3) is 0.455. The van der Waals surface area contributed by atoms with E-state index in [4.69, 9.17) is 82.5 Å². The van der Waals surface area contributed by atoms with Crippen molar-refractivity contribution in [2.24, 2.45) is 31.6 Å². The first-order valence-corrected chi connectivity index (χ1v) is 47.1. The van der Waals surface area contributed by atoms with E-state index in [9.17, 15) is 49.2 Å². The van der Waals surface area contributed by atoms with Gasteiger partial charge < -0.3 is 83.0 Å². The van der Waals surface area contributed by atoms with Gasteiger partial charge in [-0.2, -0.15) is 5.12 Å². The number of anilines is 1. The maximum absolute atomic E-state index is 15.1. The minimum absolute atomic E-state index is 0.106. The fourth-order valence-corrected chi connectivity index (χ4v) is 19.5. The normalized spacial score (nSPS) is 12.6. The van der Waals surface area contributed by atoms with Crippen LogP contribution in [0, 0.1) is 21.7 Å². The zero-order valence-electron chi connectivity index (χ0n) is 88.1. The molecule has 0 spiro atoms. The Balaban J connectivity index is 1.40. The third-order valence-electron chi connectivity index (χ3n) is 22.9. The van der Waals surface area contributed by atoms with Gasteiger partial charge in [0.05, 0.1) is 82.9 Å². The Bertz CT molecular complexity index is 5840. The number of ether oxygens (including phenoxy) is 12. The van der Waals surface area contributed by atoms with Crippen LogP contribution in [0.25, 0.3) is 44.5 Å².